The molecule has 8 rings (SSSR count). The number of amides is 6. The molecular weight excluding hydrogens is 741 g/mol. The Hall–Kier alpha value is -5.92. The van der Waals surface area contributed by atoms with Gasteiger partial charge >= 0.3 is 0 Å². The summed E-state index contributed by atoms with van der Waals surface area (Å²) in [5.41, 5.74) is 2.45. The highest BCUT2D eigenvalue weighted by molar-refractivity contribution is 6.24. The highest BCUT2D eigenvalue weighted by Crippen LogP contribution is 2.37. The highest BCUT2D eigenvalue weighted by atomic mass is 16.7. The Morgan fingerprint density at radius 1 is 0.707 bits per heavy atom. The minimum Gasteiger partial charge on any atom is -0.454 e. The van der Waals surface area contributed by atoms with Crippen LogP contribution in [0, 0.1) is 5.92 Å². The van der Waals surface area contributed by atoms with Crippen molar-refractivity contribution in [1.29, 1.82) is 0 Å². The molecule has 3 aromatic rings. The molecule has 3 heterocycles. The maximum Gasteiger partial charge on any atom is 0.259 e. The van der Waals surface area contributed by atoms with Crippen LogP contribution in [-0.4, -0.2) is 66.9 Å². The molecule has 3 aliphatic heterocycles. The number of benzene rings is 3. The van der Waals surface area contributed by atoms with Crippen LogP contribution in [0.25, 0.3) is 0 Å². The van der Waals surface area contributed by atoms with Crippen molar-refractivity contribution in [2.24, 2.45) is 5.92 Å². The van der Waals surface area contributed by atoms with Crippen LogP contribution >= 0.6 is 0 Å². The second kappa shape index (κ2) is 18.6. The summed E-state index contributed by atoms with van der Waals surface area (Å²) in [6.45, 7) is 2.53. The van der Waals surface area contributed by atoms with Crippen LogP contribution in [0.1, 0.15) is 101 Å². The average molecular weight is 793 g/mol. The molecule has 2 fully saturated rings. The molecule has 2 saturated carbocycles. The smallest absolute Gasteiger partial charge is 0.259 e. The van der Waals surface area contributed by atoms with E-state index in [1.54, 1.807) is 48.5 Å². The zero-order valence-corrected chi connectivity index (χ0v) is 32.9. The quantitative estimate of drug-likeness (QED) is 0.149. The molecule has 0 radical (unpaired) electrons. The van der Waals surface area contributed by atoms with Crippen molar-refractivity contribution >= 4 is 58.2 Å². The summed E-state index contributed by atoms with van der Waals surface area (Å²) < 4.78 is 10.6. The molecule has 14 nitrogen and oxygen atoms in total. The van der Waals surface area contributed by atoms with E-state index >= 15 is 0 Å². The molecule has 306 valence electrons. The largest absolute Gasteiger partial charge is 0.454 e. The number of para-hydroxylation sites is 4. The lowest BCUT2D eigenvalue weighted by Crippen LogP contribution is -2.59. The Morgan fingerprint density at radius 2 is 1.29 bits per heavy atom. The number of anilines is 4. The second-order valence-electron chi connectivity index (χ2n) is 15.5. The Bertz CT molecular complexity index is 2030. The molecule has 0 bridgehead atoms. The summed E-state index contributed by atoms with van der Waals surface area (Å²) in [5.74, 6) is -1.09. The monoisotopic (exact) mass is 792 g/mol. The van der Waals surface area contributed by atoms with E-state index in [-0.39, 0.29) is 24.6 Å². The van der Waals surface area contributed by atoms with E-state index in [0.29, 0.717) is 58.7 Å². The van der Waals surface area contributed by atoms with E-state index in [1.165, 1.54) is 22.6 Å². The summed E-state index contributed by atoms with van der Waals surface area (Å²) in [5, 5.41) is 11.3. The van der Waals surface area contributed by atoms with E-state index in [2.05, 4.69) is 21.3 Å². The number of fused-ring (bicyclic) bond motifs is 3. The molecule has 3 aromatic carbocycles. The van der Waals surface area contributed by atoms with Gasteiger partial charge in [0.25, 0.3) is 29.5 Å². The third-order valence-corrected chi connectivity index (χ3v) is 11.4. The van der Waals surface area contributed by atoms with Crippen LogP contribution in [0.5, 0.6) is 11.5 Å². The Morgan fingerprint density at radius 3 is 1.95 bits per heavy atom. The van der Waals surface area contributed by atoms with Gasteiger partial charge in [0.1, 0.15) is 0 Å². The summed E-state index contributed by atoms with van der Waals surface area (Å²) in [4.78, 5) is 81.1. The molecular formula is C44H52N6O8. The maximum atomic E-state index is 13.4. The fourth-order valence-corrected chi connectivity index (χ4v) is 8.39. The van der Waals surface area contributed by atoms with Gasteiger partial charge in [-0.15, -0.1) is 0 Å². The molecule has 4 N–H and O–H groups in total. The third-order valence-electron chi connectivity index (χ3n) is 11.4. The van der Waals surface area contributed by atoms with Crippen molar-refractivity contribution in [3.63, 3.8) is 0 Å². The number of unbranched alkanes of at least 4 members (excludes halogenated alkanes) is 1. The number of rotatable bonds is 9. The lowest BCUT2D eigenvalue weighted by molar-refractivity contribution is -0.133. The molecule has 6 amide bonds. The first-order chi connectivity index (χ1) is 28.2. The number of nitrogens with one attached hydrogen (secondary N) is 4. The minimum atomic E-state index is -1.31. The van der Waals surface area contributed by atoms with Crippen molar-refractivity contribution in [3.8, 4) is 11.5 Å². The lowest BCUT2D eigenvalue weighted by atomic mass is 9.86. The number of ether oxygens (including phenoxy) is 2. The summed E-state index contributed by atoms with van der Waals surface area (Å²) in [7, 11) is 0. The molecule has 0 aromatic heterocycles. The van der Waals surface area contributed by atoms with E-state index < -0.39 is 35.7 Å². The summed E-state index contributed by atoms with van der Waals surface area (Å²) >= 11 is 0. The maximum absolute atomic E-state index is 13.4. The van der Waals surface area contributed by atoms with Crippen LogP contribution in [-0.2, 0) is 24.0 Å². The SMILES string of the molecule is CCCCNC(=O)C1C(=O)Nc2ccccc2N1C(=O)c1ccc2c(c1)OCO2.O=C1Nc2ccccc2N(C(=O)CC2CCCCC2)C1C(=O)NC1CCCCC1. The van der Waals surface area contributed by atoms with Crippen molar-refractivity contribution in [1.82, 2.24) is 10.6 Å². The van der Waals surface area contributed by atoms with Gasteiger partial charge in [0, 0.05) is 24.6 Å². The molecule has 5 aliphatic rings. The van der Waals surface area contributed by atoms with Crippen LogP contribution in [0.2, 0.25) is 0 Å². The first kappa shape index (κ1) is 40.3. The van der Waals surface area contributed by atoms with Crippen molar-refractivity contribution < 1.29 is 38.2 Å². The van der Waals surface area contributed by atoms with Crippen LogP contribution in [0.3, 0.4) is 0 Å². The van der Waals surface area contributed by atoms with E-state index in [9.17, 15) is 28.8 Å². The highest BCUT2D eigenvalue weighted by Gasteiger charge is 2.44. The number of carbonyl (C=O) groups is 6. The minimum absolute atomic E-state index is 0.0877. The van der Waals surface area contributed by atoms with Gasteiger partial charge in [0.15, 0.2) is 23.6 Å². The Balaban J connectivity index is 0.000000177. The first-order valence-corrected chi connectivity index (χ1v) is 20.7. The number of hydrogen-bond donors (Lipinski definition) is 4. The molecule has 14 heteroatoms. The van der Waals surface area contributed by atoms with Gasteiger partial charge in [-0.25, -0.2) is 0 Å². The standard InChI is InChI=1S/C23H31N3O3.C21H21N3O5/c27-20(15-16-9-3-1-4-10-16)26-19-14-8-7-13-18(19)25-23(29)21(26)22(28)24-17-11-5-2-6-12-17;1-2-3-10-22-19(25)18-20(26)23-14-6-4-5-7-15(14)24(18)21(27)13-8-9-16-17(11-13)29-12-28-16/h7-8,13-14,16-17,21H,1-6,9-12,15H2,(H,24,28)(H,25,29);4-9,11,18H,2-3,10,12H2,1H3,(H,22,25)(H,23,26). The van der Waals surface area contributed by atoms with Crippen molar-refractivity contribution in [2.75, 3.05) is 33.8 Å². The first-order valence-electron chi connectivity index (χ1n) is 20.7. The zero-order chi connectivity index (χ0) is 40.6. The van der Waals surface area contributed by atoms with Gasteiger partial charge in [0.05, 0.1) is 22.7 Å². The van der Waals surface area contributed by atoms with E-state index in [1.807, 2.05) is 25.1 Å². The molecule has 0 saturated heterocycles. The second-order valence-corrected chi connectivity index (χ2v) is 15.5. The molecule has 58 heavy (non-hydrogen) atoms. The van der Waals surface area contributed by atoms with E-state index in [4.69, 9.17) is 9.47 Å². The Kier molecular flexibility index (Phi) is 12.9. The topological polar surface area (TPSA) is 175 Å². The van der Waals surface area contributed by atoms with Gasteiger partial charge in [-0.3, -0.25) is 38.6 Å². The van der Waals surface area contributed by atoms with Gasteiger partial charge in [-0.2, -0.15) is 0 Å². The fraction of sp³-hybridized carbons (Fsp3) is 0.455. The lowest BCUT2D eigenvalue weighted by Gasteiger charge is -2.37. The molecule has 2 atom stereocenters. The molecule has 2 aliphatic carbocycles. The van der Waals surface area contributed by atoms with Gasteiger partial charge in [-0.05, 0) is 80.5 Å². The van der Waals surface area contributed by atoms with Crippen molar-refractivity contribution in [3.05, 3.63) is 72.3 Å². The van der Waals surface area contributed by atoms with E-state index in [0.717, 1.165) is 64.2 Å². The Labute approximate surface area is 338 Å². The van der Waals surface area contributed by atoms with Gasteiger partial charge in [0.2, 0.25) is 12.7 Å². The number of hydrogen-bond acceptors (Lipinski definition) is 8. The summed E-state index contributed by atoms with van der Waals surface area (Å²) in [6, 6.07) is 16.6. The molecule has 2 unspecified atom stereocenters. The third kappa shape index (κ3) is 8.95. The number of carbonyl (C=O) groups excluding carboxylic acids is 6. The zero-order valence-electron chi connectivity index (χ0n) is 32.9. The summed E-state index contributed by atoms with van der Waals surface area (Å²) in [6.07, 6.45) is 13.0. The molecule has 0 spiro atoms. The van der Waals surface area contributed by atoms with Gasteiger partial charge in [-0.1, -0.05) is 76.1 Å². The van der Waals surface area contributed by atoms with Crippen LogP contribution in [0.15, 0.2) is 66.7 Å². The fourth-order valence-electron chi connectivity index (χ4n) is 8.39. The number of nitrogens with zero attached hydrogens (tertiary/aromatic N) is 2. The predicted octanol–water partition coefficient (Wildman–Crippen LogP) is 6.06. The normalized spacial score (nSPS) is 20.0. The van der Waals surface area contributed by atoms with Gasteiger partial charge < -0.3 is 30.7 Å². The van der Waals surface area contributed by atoms with Crippen molar-refractivity contribution in [2.45, 2.75) is 109 Å². The average Bonchev–Trinajstić information content (AvgIpc) is 3.72. The van der Waals surface area contributed by atoms with Crippen LogP contribution in [0.4, 0.5) is 22.7 Å². The predicted molar refractivity (Wildman–Crippen MR) is 219 cm³/mol. The van der Waals surface area contributed by atoms with Crippen LogP contribution < -0.4 is 40.5 Å².